The molecule has 1 aromatic carbocycles. The molecule has 9 heteroatoms. The van der Waals surface area contributed by atoms with Crippen LogP contribution >= 0.6 is 0 Å². The van der Waals surface area contributed by atoms with E-state index in [1.807, 2.05) is 0 Å². The van der Waals surface area contributed by atoms with E-state index in [2.05, 4.69) is 10.3 Å². The Morgan fingerprint density at radius 1 is 1.21 bits per heavy atom. The van der Waals surface area contributed by atoms with Crippen LogP contribution in [0.3, 0.4) is 0 Å². The molecule has 1 amide bonds. The number of aromatic nitrogens is 1. The summed E-state index contributed by atoms with van der Waals surface area (Å²) in [5.74, 6) is -1.90. The van der Waals surface area contributed by atoms with Crippen molar-refractivity contribution in [1.29, 1.82) is 0 Å². The van der Waals surface area contributed by atoms with Crippen LogP contribution in [0.5, 0.6) is 0 Å². The minimum Gasteiger partial charge on any atom is -0.481 e. The molecule has 1 heterocycles. The van der Waals surface area contributed by atoms with Gasteiger partial charge in [0.05, 0.1) is 18.6 Å². The summed E-state index contributed by atoms with van der Waals surface area (Å²) in [7, 11) is 0. The van der Waals surface area contributed by atoms with Crippen LogP contribution in [0.4, 0.5) is 13.2 Å². The summed E-state index contributed by atoms with van der Waals surface area (Å²) in [6.07, 6.45) is -3.54. The molecule has 2 rings (SSSR count). The smallest absolute Gasteiger partial charge is 0.416 e. The van der Waals surface area contributed by atoms with E-state index in [9.17, 15) is 27.9 Å². The second-order valence-corrected chi connectivity index (χ2v) is 6.73. The Kier molecular flexibility index (Phi) is 6.97. The van der Waals surface area contributed by atoms with E-state index in [0.29, 0.717) is 16.7 Å². The van der Waals surface area contributed by atoms with Gasteiger partial charge in [-0.05, 0) is 40.8 Å². The summed E-state index contributed by atoms with van der Waals surface area (Å²) in [4.78, 5) is 26.4. The zero-order chi connectivity index (χ0) is 21.8. The molecule has 0 saturated heterocycles. The minimum absolute atomic E-state index is 0.000691. The Bertz CT molecular complexity index is 894. The molecule has 0 bridgehead atoms. The van der Waals surface area contributed by atoms with Gasteiger partial charge in [0.2, 0.25) is 0 Å². The highest BCUT2D eigenvalue weighted by molar-refractivity contribution is 5.92. The molecule has 0 fully saturated rings. The number of rotatable bonds is 7. The zero-order valence-corrected chi connectivity index (χ0v) is 15.9. The van der Waals surface area contributed by atoms with E-state index in [1.165, 1.54) is 18.3 Å². The van der Waals surface area contributed by atoms with Gasteiger partial charge in [0.25, 0.3) is 5.91 Å². The first-order valence-corrected chi connectivity index (χ1v) is 8.85. The molecule has 0 aliphatic carbocycles. The topological polar surface area (TPSA) is 99.5 Å². The maximum Gasteiger partial charge on any atom is 0.416 e. The number of halogens is 3. The number of aliphatic hydroxyl groups is 1. The number of hydrogen-bond acceptors (Lipinski definition) is 4. The fourth-order valence-electron chi connectivity index (χ4n) is 2.87. The van der Waals surface area contributed by atoms with Crippen molar-refractivity contribution in [1.82, 2.24) is 10.3 Å². The molecular formula is C20H21F3N2O4. The first kappa shape index (κ1) is 22.4. The zero-order valence-electron chi connectivity index (χ0n) is 15.9. The fraction of sp³-hybridized carbons (Fsp3) is 0.350. The highest BCUT2D eigenvalue weighted by Gasteiger charge is 2.32. The van der Waals surface area contributed by atoms with Crippen LogP contribution in [-0.4, -0.2) is 33.6 Å². The van der Waals surface area contributed by atoms with Crippen LogP contribution in [0.25, 0.3) is 11.1 Å². The van der Waals surface area contributed by atoms with Crippen molar-refractivity contribution in [3.05, 3.63) is 52.8 Å². The second kappa shape index (κ2) is 9.04. The van der Waals surface area contributed by atoms with E-state index in [4.69, 9.17) is 5.11 Å². The Labute approximate surface area is 165 Å². The molecule has 156 valence electrons. The SMILES string of the molecule is CC(C)c1cc(C(F)(F)F)cc(-c2ccc(C(=O)NCCC(=O)O)nc2)c1CO. The molecule has 3 N–H and O–H groups in total. The maximum absolute atomic E-state index is 13.3. The Morgan fingerprint density at radius 2 is 1.90 bits per heavy atom. The first-order chi connectivity index (χ1) is 13.5. The third kappa shape index (κ3) is 5.54. The lowest BCUT2D eigenvalue weighted by Crippen LogP contribution is -2.26. The quantitative estimate of drug-likeness (QED) is 0.648. The van der Waals surface area contributed by atoms with Gasteiger partial charge in [-0.15, -0.1) is 0 Å². The third-order valence-corrected chi connectivity index (χ3v) is 4.32. The number of pyridine rings is 1. The van der Waals surface area contributed by atoms with Crippen molar-refractivity contribution >= 4 is 11.9 Å². The van der Waals surface area contributed by atoms with Crippen molar-refractivity contribution in [3.63, 3.8) is 0 Å². The van der Waals surface area contributed by atoms with Gasteiger partial charge in [0.1, 0.15) is 5.69 Å². The standard InChI is InChI=1S/C20H21F3N2O4/c1-11(2)14-7-13(20(21,22)23)8-15(16(14)10-26)12-3-4-17(25-9-12)19(29)24-6-5-18(27)28/h3-4,7-9,11,26H,5-6,10H2,1-2H3,(H,24,29)(H,27,28). The van der Waals surface area contributed by atoms with E-state index in [1.54, 1.807) is 13.8 Å². The fourth-order valence-corrected chi connectivity index (χ4v) is 2.87. The van der Waals surface area contributed by atoms with Crippen molar-refractivity contribution in [2.24, 2.45) is 0 Å². The predicted molar refractivity (Wildman–Crippen MR) is 99.3 cm³/mol. The number of aliphatic carboxylic acids is 1. The first-order valence-electron chi connectivity index (χ1n) is 8.85. The lowest BCUT2D eigenvalue weighted by Gasteiger charge is -2.19. The lowest BCUT2D eigenvalue weighted by molar-refractivity contribution is -0.138. The number of aliphatic hydroxyl groups excluding tert-OH is 1. The number of benzene rings is 1. The summed E-state index contributed by atoms with van der Waals surface area (Å²) in [5, 5.41) is 20.8. The summed E-state index contributed by atoms with van der Waals surface area (Å²) in [6.45, 7) is 2.96. The molecule has 0 aliphatic heterocycles. The van der Waals surface area contributed by atoms with Crippen LogP contribution in [0.2, 0.25) is 0 Å². The van der Waals surface area contributed by atoms with E-state index in [0.717, 1.165) is 12.1 Å². The third-order valence-electron chi connectivity index (χ3n) is 4.32. The summed E-state index contributed by atoms with van der Waals surface area (Å²) in [5.41, 5.74) is 0.436. The van der Waals surface area contributed by atoms with Gasteiger partial charge in [-0.25, -0.2) is 0 Å². The van der Waals surface area contributed by atoms with Gasteiger partial charge in [0, 0.05) is 18.3 Å². The van der Waals surface area contributed by atoms with Crippen molar-refractivity contribution < 1.29 is 33.0 Å². The Morgan fingerprint density at radius 3 is 2.38 bits per heavy atom. The van der Waals surface area contributed by atoms with Gasteiger partial charge in [-0.1, -0.05) is 19.9 Å². The average molecular weight is 410 g/mol. The number of carbonyl (C=O) groups is 2. The van der Waals surface area contributed by atoms with Gasteiger partial charge in [0.15, 0.2) is 0 Å². The van der Waals surface area contributed by atoms with Gasteiger partial charge in [-0.2, -0.15) is 13.2 Å². The largest absolute Gasteiger partial charge is 0.481 e. The van der Waals surface area contributed by atoms with Crippen LogP contribution in [0.15, 0.2) is 30.5 Å². The molecule has 2 aromatic rings. The van der Waals surface area contributed by atoms with Crippen molar-refractivity contribution in [3.8, 4) is 11.1 Å². The predicted octanol–water partition coefficient (Wildman–Crippen LogP) is 3.59. The molecule has 0 saturated carbocycles. The lowest BCUT2D eigenvalue weighted by atomic mass is 9.88. The maximum atomic E-state index is 13.3. The van der Waals surface area contributed by atoms with Crippen LogP contribution in [0.1, 0.15) is 53.4 Å². The number of nitrogens with zero attached hydrogens (tertiary/aromatic N) is 1. The Balaban J connectivity index is 2.42. The number of carbonyl (C=O) groups excluding carboxylic acids is 1. The molecule has 0 atom stereocenters. The number of carboxylic acid groups (broad SMARTS) is 1. The normalized spacial score (nSPS) is 11.6. The molecule has 0 radical (unpaired) electrons. The average Bonchev–Trinajstić information content (AvgIpc) is 2.65. The van der Waals surface area contributed by atoms with E-state index in [-0.39, 0.29) is 30.1 Å². The molecule has 0 spiro atoms. The molecule has 0 aliphatic rings. The number of amides is 1. The van der Waals surface area contributed by atoms with Crippen LogP contribution < -0.4 is 5.32 Å². The van der Waals surface area contributed by atoms with Crippen molar-refractivity contribution in [2.75, 3.05) is 6.54 Å². The second-order valence-electron chi connectivity index (χ2n) is 6.73. The van der Waals surface area contributed by atoms with E-state index < -0.39 is 30.2 Å². The van der Waals surface area contributed by atoms with Gasteiger partial charge in [-0.3, -0.25) is 14.6 Å². The summed E-state index contributed by atoms with van der Waals surface area (Å²) < 4.78 is 40.0. The number of nitrogens with one attached hydrogen (secondary N) is 1. The monoisotopic (exact) mass is 410 g/mol. The number of hydrogen-bond donors (Lipinski definition) is 3. The summed E-state index contributed by atoms with van der Waals surface area (Å²) in [6, 6.07) is 4.78. The van der Waals surface area contributed by atoms with Crippen LogP contribution in [0, 0.1) is 0 Å². The van der Waals surface area contributed by atoms with E-state index >= 15 is 0 Å². The highest BCUT2D eigenvalue weighted by atomic mass is 19.4. The number of carboxylic acids is 1. The van der Waals surface area contributed by atoms with Crippen LogP contribution in [-0.2, 0) is 17.6 Å². The van der Waals surface area contributed by atoms with Gasteiger partial charge < -0.3 is 15.5 Å². The minimum atomic E-state index is -4.55. The summed E-state index contributed by atoms with van der Waals surface area (Å²) >= 11 is 0. The van der Waals surface area contributed by atoms with Crippen molar-refractivity contribution in [2.45, 2.75) is 39.0 Å². The highest BCUT2D eigenvalue weighted by Crippen LogP contribution is 2.38. The molecule has 0 unspecified atom stereocenters. The van der Waals surface area contributed by atoms with Gasteiger partial charge >= 0.3 is 12.1 Å². The molecule has 1 aromatic heterocycles. The number of alkyl halides is 3. The molecular weight excluding hydrogens is 389 g/mol. The molecule has 6 nitrogen and oxygen atoms in total. The molecule has 29 heavy (non-hydrogen) atoms. The Hall–Kier alpha value is -2.94.